The number of imide groups is 1. The second-order valence-corrected chi connectivity index (χ2v) is 9.07. The van der Waals surface area contributed by atoms with E-state index in [0.717, 1.165) is 26.6 Å². The molecule has 0 atom stereocenters. The topological polar surface area (TPSA) is 49.4 Å². The van der Waals surface area contributed by atoms with Gasteiger partial charge in [-0.25, -0.2) is 4.90 Å². The lowest BCUT2D eigenvalue weighted by Crippen LogP contribution is -2.32. The van der Waals surface area contributed by atoms with Gasteiger partial charge in [-0.05, 0) is 67.4 Å². The maximum atomic E-state index is 13.4. The van der Waals surface area contributed by atoms with Crippen molar-refractivity contribution in [2.75, 3.05) is 10.2 Å². The zero-order valence-electron chi connectivity index (χ0n) is 16.8. The second-order valence-electron chi connectivity index (χ2n) is 7.12. The van der Waals surface area contributed by atoms with Crippen LogP contribution in [0.25, 0.3) is 0 Å². The van der Waals surface area contributed by atoms with E-state index in [4.69, 9.17) is 23.2 Å². The van der Waals surface area contributed by atoms with Crippen LogP contribution in [-0.2, 0) is 9.59 Å². The average molecular weight is 469 g/mol. The van der Waals surface area contributed by atoms with Gasteiger partial charge in [-0.2, -0.15) is 0 Å². The van der Waals surface area contributed by atoms with E-state index in [1.807, 2.05) is 62.4 Å². The van der Waals surface area contributed by atoms with Crippen LogP contribution in [0, 0.1) is 13.8 Å². The minimum absolute atomic E-state index is 0.221. The third kappa shape index (κ3) is 4.49. The standard InChI is InChI=1S/C24H18Cl2N2O2S/c1-14-8-9-18(10-15(14)2)27-21-22(31-20-6-4-3-5-7-20)24(30)28(23(21)29)19-12-16(25)11-17(26)13-19/h3-13,27H,1-2H3. The van der Waals surface area contributed by atoms with Crippen LogP contribution in [0.2, 0.25) is 10.0 Å². The van der Waals surface area contributed by atoms with Crippen LogP contribution in [0.3, 0.4) is 0 Å². The van der Waals surface area contributed by atoms with Crippen molar-refractivity contribution in [1.82, 2.24) is 0 Å². The van der Waals surface area contributed by atoms with Crippen molar-refractivity contribution in [1.29, 1.82) is 0 Å². The van der Waals surface area contributed by atoms with Crippen LogP contribution in [-0.4, -0.2) is 11.8 Å². The Morgan fingerprint density at radius 3 is 2.13 bits per heavy atom. The van der Waals surface area contributed by atoms with Crippen LogP contribution < -0.4 is 10.2 Å². The van der Waals surface area contributed by atoms with E-state index in [2.05, 4.69) is 5.32 Å². The number of thioether (sulfide) groups is 1. The number of carbonyl (C=O) groups excluding carboxylic acids is 2. The molecule has 1 N–H and O–H groups in total. The highest BCUT2D eigenvalue weighted by atomic mass is 35.5. The normalized spacial score (nSPS) is 13.9. The number of hydrogen-bond acceptors (Lipinski definition) is 4. The summed E-state index contributed by atoms with van der Waals surface area (Å²) in [6.45, 7) is 4.01. The summed E-state index contributed by atoms with van der Waals surface area (Å²) in [5, 5.41) is 3.86. The lowest BCUT2D eigenvalue weighted by Gasteiger charge is -2.16. The predicted octanol–water partition coefficient (Wildman–Crippen LogP) is 6.60. The summed E-state index contributed by atoms with van der Waals surface area (Å²) in [5.41, 5.74) is 3.51. The molecule has 7 heteroatoms. The summed E-state index contributed by atoms with van der Waals surface area (Å²) < 4.78 is 0. The maximum Gasteiger partial charge on any atom is 0.283 e. The molecule has 31 heavy (non-hydrogen) atoms. The Bertz CT molecular complexity index is 1210. The van der Waals surface area contributed by atoms with Gasteiger partial charge in [0.25, 0.3) is 11.8 Å². The van der Waals surface area contributed by atoms with Gasteiger partial charge in [-0.1, -0.05) is 59.2 Å². The number of halogens is 2. The van der Waals surface area contributed by atoms with E-state index < -0.39 is 11.8 Å². The van der Waals surface area contributed by atoms with E-state index in [-0.39, 0.29) is 5.70 Å². The summed E-state index contributed by atoms with van der Waals surface area (Å²) in [6.07, 6.45) is 0. The van der Waals surface area contributed by atoms with Crippen LogP contribution in [0.4, 0.5) is 11.4 Å². The highest BCUT2D eigenvalue weighted by Crippen LogP contribution is 2.39. The number of aryl methyl sites for hydroxylation is 2. The molecular weight excluding hydrogens is 451 g/mol. The predicted molar refractivity (Wildman–Crippen MR) is 128 cm³/mol. The minimum Gasteiger partial charge on any atom is -0.350 e. The number of nitrogens with zero attached hydrogens (tertiary/aromatic N) is 1. The molecule has 2 amide bonds. The van der Waals surface area contributed by atoms with Crippen molar-refractivity contribution in [3.63, 3.8) is 0 Å². The largest absolute Gasteiger partial charge is 0.350 e. The molecule has 1 aliphatic heterocycles. The molecule has 3 aromatic rings. The lowest BCUT2D eigenvalue weighted by atomic mass is 10.1. The van der Waals surface area contributed by atoms with Crippen molar-refractivity contribution in [3.8, 4) is 0 Å². The fraction of sp³-hybridized carbons (Fsp3) is 0.0833. The summed E-state index contributed by atoms with van der Waals surface area (Å²) in [7, 11) is 0. The molecule has 156 valence electrons. The monoisotopic (exact) mass is 468 g/mol. The Morgan fingerprint density at radius 1 is 0.806 bits per heavy atom. The number of anilines is 2. The quantitative estimate of drug-likeness (QED) is 0.428. The molecule has 0 saturated carbocycles. The summed E-state index contributed by atoms with van der Waals surface area (Å²) in [4.78, 5) is 29.0. The van der Waals surface area contributed by atoms with Crippen LogP contribution in [0.15, 0.2) is 82.2 Å². The smallest absolute Gasteiger partial charge is 0.283 e. The molecule has 0 bridgehead atoms. The zero-order valence-corrected chi connectivity index (χ0v) is 19.1. The van der Waals surface area contributed by atoms with Gasteiger partial charge in [0.15, 0.2) is 0 Å². The van der Waals surface area contributed by atoms with Crippen LogP contribution in [0.1, 0.15) is 11.1 Å². The summed E-state index contributed by atoms with van der Waals surface area (Å²) in [5.74, 6) is -0.886. The molecule has 0 spiro atoms. The van der Waals surface area contributed by atoms with Gasteiger partial charge in [-0.15, -0.1) is 0 Å². The fourth-order valence-electron chi connectivity index (χ4n) is 3.19. The van der Waals surface area contributed by atoms with Gasteiger partial charge >= 0.3 is 0 Å². The fourth-order valence-corrected chi connectivity index (χ4v) is 4.65. The molecule has 0 unspecified atom stereocenters. The van der Waals surface area contributed by atoms with Gasteiger partial charge < -0.3 is 5.32 Å². The Labute approximate surface area is 194 Å². The molecule has 1 aliphatic rings. The third-order valence-electron chi connectivity index (χ3n) is 4.89. The molecule has 3 aromatic carbocycles. The highest BCUT2D eigenvalue weighted by Gasteiger charge is 2.40. The molecule has 0 aromatic heterocycles. The van der Waals surface area contributed by atoms with E-state index in [0.29, 0.717) is 20.6 Å². The van der Waals surface area contributed by atoms with E-state index in [9.17, 15) is 9.59 Å². The van der Waals surface area contributed by atoms with Gasteiger partial charge in [0, 0.05) is 20.6 Å². The first-order chi connectivity index (χ1) is 14.8. The van der Waals surface area contributed by atoms with E-state index >= 15 is 0 Å². The number of amides is 2. The van der Waals surface area contributed by atoms with Gasteiger partial charge in [-0.3, -0.25) is 9.59 Å². The molecule has 0 saturated heterocycles. The molecule has 0 radical (unpaired) electrons. The highest BCUT2D eigenvalue weighted by molar-refractivity contribution is 8.04. The Morgan fingerprint density at radius 2 is 1.48 bits per heavy atom. The first-order valence-corrected chi connectivity index (χ1v) is 11.1. The Kier molecular flexibility index (Phi) is 6.10. The molecular formula is C24H18Cl2N2O2S. The number of rotatable bonds is 5. The number of nitrogens with one attached hydrogen (secondary N) is 1. The summed E-state index contributed by atoms with van der Waals surface area (Å²) >= 11 is 13.5. The Balaban J connectivity index is 1.77. The zero-order chi connectivity index (χ0) is 22.1. The van der Waals surface area contributed by atoms with Gasteiger partial charge in [0.05, 0.1) is 5.69 Å². The third-order valence-corrected chi connectivity index (χ3v) is 6.41. The van der Waals surface area contributed by atoms with Crippen molar-refractivity contribution in [2.45, 2.75) is 18.7 Å². The Hall–Kier alpha value is -2.73. The minimum atomic E-state index is -0.458. The summed E-state index contributed by atoms with van der Waals surface area (Å²) in [6, 6.07) is 19.9. The molecule has 0 fully saturated rings. The first-order valence-electron chi connectivity index (χ1n) is 9.50. The molecule has 1 heterocycles. The molecule has 4 nitrogen and oxygen atoms in total. The van der Waals surface area contributed by atoms with E-state index in [1.165, 1.54) is 11.8 Å². The van der Waals surface area contributed by atoms with Crippen molar-refractivity contribution < 1.29 is 9.59 Å². The van der Waals surface area contributed by atoms with Crippen LogP contribution >= 0.6 is 35.0 Å². The molecule has 0 aliphatic carbocycles. The second kappa shape index (κ2) is 8.79. The van der Waals surface area contributed by atoms with Crippen molar-refractivity contribution in [2.24, 2.45) is 0 Å². The van der Waals surface area contributed by atoms with E-state index in [1.54, 1.807) is 18.2 Å². The number of carbonyl (C=O) groups is 2. The van der Waals surface area contributed by atoms with Gasteiger partial charge in [0.2, 0.25) is 0 Å². The molecule has 4 rings (SSSR count). The van der Waals surface area contributed by atoms with Crippen molar-refractivity contribution >= 4 is 58.2 Å². The van der Waals surface area contributed by atoms with Gasteiger partial charge in [0.1, 0.15) is 10.6 Å². The maximum absolute atomic E-state index is 13.4. The lowest BCUT2D eigenvalue weighted by molar-refractivity contribution is -0.120. The number of benzene rings is 3. The first kappa shape index (κ1) is 21.5. The van der Waals surface area contributed by atoms with Crippen LogP contribution in [0.5, 0.6) is 0 Å². The SMILES string of the molecule is Cc1ccc(NC2=C(Sc3ccccc3)C(=O)N(c3cc(Cl)cc(Cl)c3)C2=O)cc1C. The number of hydrogen-bond donors (Lipinski definition) is 1. The van der Waals surface area contributed by atoms with Crippen molar-refractivity contribution in [3.05, 3.63) is 98.5 Å². The average Bonchev–Trinajstić information content (AvgIpc) is 2.95.